The van der Waals surface area contributed by atoms with E-state index in [1.165, 1.54) is 11.1 Å². The minimum Gasteiger partial charge on any atom is -0.486 e. The van der Waals surface area contributed by atoms with E-state index >= 15 is 0 Å². The highest BCUT2D eigenvalue weighted by Crippen LogP contribution is 2.32. The number of nitrogens with zero attached hydrogens (tertiary/aromatic N) is 1. The number of ether oxygens (including phenoxy) is 1. The van der Waals surface area contributed by atoms with Crippen molar-refractivity contribution in [1.29, 1.82) is 0 Å². The Morgan fingerprint density at radius 2 is 1.69 bits per heavy atom. The fourth-order valence-corrected chi connectivity index (χ4v) is 3.58. The van der Waals surface area contributed by atoms with Crippen molar-refractivity contribution < 1.29 is 13.9 Å². The van der Waals surface area contributed by atoms with E-state index in [1.54, 1.807) is 30.5 Å². The van der Waals surface area contributed by atoms with Crippen LogP contribution in [0.2, 0.25) is 0 Å². The lowest BCUT2D eigenvalue weighted by molar-refractivity contribution is 0.0992. The van der Waals surface area contributed by atoms with Crippen LogP contribution in [-0.2, 0) is 12.0 Å². The Balaban J connectivity index is 1.36. The molecule has 0 aliphatic rings. The summed E-state index contributed by atoms with van der Waals surface area (Å²) in [5.74, 6) is 1.59. The maximum absolute atomic E-state index is 12.3. The number of hydrogen-bond acceptors (Lipinski definition) is 4. The number of nitrogens with one attached hydrogen (secondary N) is 1. The molecular formula is C26H23BrN2O3. The molecule has 0 saturated heterocycles. The van der Waals surface area contributed by atoms with Crippen LogP contribution in [-0.4, -0.2) is 10.9 Å². The van der Waals surface area contributed by atoms with Crippen molar-refractivity contribution in [1.82, 2.24) is 4.98 Å². The van der Waals surface area contributed by atoms with Crippen molar-refractivity contribution in [2.24, 2.45) is 0 Å². The van der Waals surface area contributed by atoms with Gasteiger partial charge in [-0.05, 0) is 63.5 Å². The van der Waals surface area contributed by atoms with Crippen LogP contribution in [0, 0.1) is 0 Å². The van der Waals surface area contributed by atoms with Crippen LogP contribution in [0.4, 0.5) is 5.82 Å². The summed E-state index contributed by atoms with van der Waals surface area (Å²) in [6, 6.07) is 25.4. The van der Waals surface area contributed by atoms with Gasteiger partial charge in [-0.1, -0.05) is 56.3 Å². The first-order valence-electron chi connectivity index (χ1n) is 10.2. The van der Waals surface area contributed by atoms with E-state index in [9.17, 15) is 4.79 Å². The third-order valence-corrected chi connectivity index (χ3v) is 5.78. The second kappa shape index (κ2) is 9.40. The van der Waals surface area contributed by atoms with E-state index in [1.807, 2.05) is 18.2 Å². The first-order valence-corrected chi connectivity index (χ1v) is 11.0. The number of furan rings is 1. The Hall–Kier alpha value is -3.38. The summed E-state index contributed by atoms with van der Waals surface area (Å²) in [6.07, 6.45) is 1.61. The van der Waals surface area contributed by atoms with E-state index in [2.05, 4.69) is 76.5 Å². The van der Waals surface area contributed by atoms with Crippen molar-refractivity contribution in [3.8, 4) is 5.75 Å². The van der Waals surface area contributed by atoms with Gasteiger partial charge in [-0.3, -0.25) is 4.79 Å². The van der Waals surface area contributed by atoms with E-state index in [-0.39, 0.29) is 23.7 Å². The molecule has 2 aromatic carbocycles. The molecule has 5 nitrogen and oxygen atoms in total. The van der Waals surface area contributed by atoms with Crippen molar-refractivity contribution in [2.45, 2.75) is 25.9 Å². The normalized spacial score (nSPS) is 11.2. The van der Waals surface area contributed by atoms with E-state index in [0.29, 0.717) is 11.6 Å². The number of amides is 1. The molecule has 4 aromatic rings. The number of hydrogen-bond donors (Lipinski definition) is 1. The smallest absolute Gasteiger partial charge is 0.292 e. The Morgan fingerprint density at radius 1 is 0.969 bits per heavy atom. The van der Waals surface area contributed by atoms with Crippen LogP contribution >= 0.6 is 15.9 Å². The van der Waals surface area contributed by atoms with Gasteiger partial charge in [-0.15, -0.1) is 0 Å². The second-order valence-electron chi connectivity index (χ2n) is 7.89. The number of carbonyl (C=O) groups is 1. The lowest BCUT2D eigenvalue weighted by Crippen LogP contribution is -2.18. The summed E-state index contributed by atoms with van der Waals surface area (Å²) in [4.78, 5) is 16.5. The zero-order valence-electron chi connectivity index (χ0n) is 17.8. The number of aromatic nitrogens is 1. The highest BCUT2D eigenvalue weighted by Gasteiger charge is 2.22. The van der Waals surface area contributed by atoms with Gasteiger partial charge in [0.25, 0.3) is 5.91 Å². The molecule has 0 unspecified atom stereocenters. The first kappa shape index (κ1) is 21.8. The SMILES string of the molecule is CC(C)(c1ccccc1)c1ccc(OCc2ccc(C(=O)Nc3ccc(Br)cn3)o2)cc1. The monoisotopic (exact) mass is 490 g/mol. The zero-order valence-corrected chi connectivity index (χ0v) is 19.4. The number of rotatable bonds is 7. The molecule has 4 rings (SSSR count). The summed E-state index contributed by atoms with van der Waals surface area (Å²) in [6.45, 7) is 4.64. The molecule has 0 radical (unpaired) electrons. The maximum Gasteiger partial charge on any atom is 0.292 e. The van der Waals surface area contributed by atoms with E-state index in [0.717, 1.165) is 10.2 Å². The first-order chi connectivity index (χ1) is 15.4. The van der Waals surface area contributed by atoms with Crippen molar-refractivity contribution in [2.75, 3.05) is 5.32 Å². The molecule has 1 N–H and O–H groups in total. The molecule has 6 heteroatoms. The minimum atomic E-state index is -0.362. The summed E-state index contributed by atoms with van der Waals surface area (Å²) in [5, 5.41) is 2.70. The summed E-state index contributed by atoms with van der Waals surface area (Å²) in [5.41, 5.74) is 2.36. The highest BCUT2D eigenvalue weighted by atomic mass is 79.9. The Labute approximate surface area is 195 Å². The maximum atomic E-state index is 12.3. The highest BCUT2D eigenvalue weighted by molar-refractivity contribution is 9.10. The molecule has 32 heavy (non-hydrogen) atoms. The van der Waals surface area contributed by atoms with E-state index < -0.39 is 0 Å². The van der Waals surface area contributed by atoms with Crippen molar-refractivity contribution in [3.05, 3.63) is 112 Å². The third-order valence-electron chi connectivity index (χ3n) is 5.31. The number of carbonyl (C=O) groups excluding carboxylic acids is 1. The average Bonchev–Trinajstić information content (AvgIpc) is 3.29. The standard InChI is InChI=1S/C26H23BrN2O3/c1-26(2,18-6-4-3-5-7-18)19-8-11-21(12-9-19)31-17-22-13-14-23(32-22)25(30)29-24-15-10-20(27)16-28-24/h3-16H,17H2,1-2H3,(H,28,29,30). The fourth-order valence-electron chi connectivity index (χ4n) is 3.35. The predicted octanol–water partition coefficient (Wildman–Crippen LogP) is 6.59. The molecule has 0 atom stereocenters. The fraction of sp³-hybridized carbons (Fsp3) is 0.154. The van der Waals surface area contributed by atoms with Crippen molar-refractivity contribution >= 4 is 27.7 Å². The molecule has 0 fully saturated rings. The molecule has 2 heterocycles. The van der Waals surface area contributed by atoms with Gasteiger partial charge < -0.3 is 14.5 Å². The molecule has 0 bridgehead atoms. The lowest BCUT2D eigenvalue weighted by atomic mass is 9.78. The van der Waals surface area contributed by atoms with Gasteiger partial charge in [0.1, 0.15) is 23.9 Å². The van der Waals surface area contributed by atoms with Crippen LogP contribution in [0.1, 0.15) is 41.3 Å². The molecule has 162 valence electrons. The molecule has 2 aromatic heterocycles. The topological polar surface area (TPSA) is 64.4 Å². The zero-order chi connectivity index (χ0) is 22.6. The third kappa shape index (κ3) is 5.08. The lowest BCUT2D eigenvalue weighted by Gasteiger charge is -2.26. The second-order valence-corrected chi connectivity index (χ2v) is 8.80. The van der Waals surface area contributed by atoms with Gasteiger partial charge in [0.05, 0.1) is 0 Å². The summed E-state index contributed by atoms with van der Waals surface area (Å²) < 4.78 is 12.3. The van der Waals surface area contributed by atoms with Gasteiger partial charge in [-0.2, -0.15) is 0 Å². The Bertz CT molecular complexity index is 1180. The minimum absolute atomic E-state index is 0.104. The van der Waals surface area contributed by atoms with Gasteiger partial charge >= 0.3 is 0 Å². The van der Waals surface area contributed by atoms with Gasteiger partial charge in [0.2, 0.25) is 0 Å². The van der Waals surface area contributed by atoms with Crippen LogP contribution in [0.3, 0.4) is 0 Å². The molecular weight excluding hydrogens is 468 g/mol. The van der Waals surface area contributed by atoms with Gasteiger partial charge in [0, 0.05) is 16.1 Å². The van der Waals surface area contributed by atoms with E-state index in [4.69, 9.17) is 9.15 Å². The van der Waals surface area contributed by atoms with Gasteiger partial charge in [0.15, 0.2) is 5.76 Å². The van der Waals surface area contributed by atoms with Crippen LogP contribution in [0.5, 0.6) is 5.75 Å². The number of anilines is 1. The average molecular weight is 491 g/mol. The quantitative estimate of drug-likeness (QED) is 0.317. The number of benzene rings is 2. The van der Waals surface area contributed by atoms with Gasteiger partial charge in [-0.25, -0.2) is 4.98 Å². The predicted molar refractivity (Wildman–Crippen MR) is 128 cm³/mol. The Morgan fingerprint density at radius 3 is 2.38 bits per heavy atom. The molecule has 0 aliphatic heterocycles. The summed E-state index contributed by atoms with van der Waals surface area (Å²) >= 11 is 3.31. The van der Waals surface area contributed by atoms with Crippen LogP contribution in [0.25, 0.3) is 0 Å². The van der Waals surface area contributed by atoms with Crippen molar-refractivity contribution in [3.63, 3.8) is 0 Å². The number of halogens is 1. The van der Waals surface area contributed by atoms with Crippen LogP contribution < -0.4 is 10.1 Å². The Kier molecular flexibility index (Phi) is 6.42. The van der Waals surface area contributed by atoms with Crippen LogP contribution in [0.15, 0.2) is 93.9 Å². The molecule has 0 saturated carbocycles. The molecule has 1 amide bonds. The molecule has 0 spiro atoms. The largest absolute Gasteiger partial charge is 0.486 e. The molecule has 0 aliphatic carbocycles. The number of pyridine rings is 1. The summed E-state index contributed by atoms with van der Waals surface area (Å²) in [7, 11) is 0.